The molecule has 1 atom stereocenters. The Morgan fingerprint density at radius 2 is 2.27 bits per heavy atom. The Balaban J connectivity index is 1.68. The van der Waals surface area contributed by atoms with Crippen molar-refractivity contribution in [3.05, 3.63) is 24.5 Å². The fraction of sp³-hybridized carbons (Fsp3) is 0.400. The first-order valence-corrected chi connectivity index (χ1v) is 7.23. The summed E-state index contributed by atoms with van der Waals surface area (Å²) in [7, 11) is 1.62. The maximum atomic E-state index is 12.3. The third-order valence-electron chi connectivity index (χ3n) is 4.21. The van der Waals surface area contributed by atoms with Crippen molar-refractivity contribution in [3.8, 4) is 0 Å². The molecular weight excluding hydrogens is 282 g/mol. The molecule has 22 heavy (non-hydrogen) atoms. The van der Waals surface area contributed by atoms with Crippen molar-refractivity contribution in [1.29, 1.82) is 0 Å². The number of pyridine rings is 1. The lowest BCUT2D eigenvalue weighted by Gasteiger charge is -2.22. The number of hydrogen-bond acceptors (Lipinski definition) is 3. The van der Waals surface area contributed by atoms with Gasteiger partial charge in [-0.05, 0) is 25.5 Å². The number of aromatic amines is 1. The summed E-state index contributed by atoms with van der Waals surface area (Å²) in [5.74, 6) is 0.473. The van der Waals surface area contributed by atoms with Crippen molar-refractivity contribution in [3.63, 3.8) is 0 Å². The zero-order valence-corrected chi connectivity index (χ0v) is 12.6. The van der Waals surface area contributed by atoms with Crippen LogP contribution >= 0.6 is 0 Å². The number of likely N-dealkylation sites (tertiary alicyclic amines) is 1. The molecule has 0 bridgehead atoms. The minimum Gasteiger partial charge on any atom is -0.360 e. The molecule has 1 aliphatic heterocycles. The average molecular weight is 301 g/mol. The Kier molecular flexibility index (Phi) is 3.48. The summed E-state index contributed by atoms with van der Waals surface area (Å²) in [5.41, 5.74) is 0.399. The molecule has 1 aliphatic rings. The van der Waals surface area contributed by atoms with Gasteiger partial charge in [-0.3, -0.25) is 10.1 Å². The van der Waals surface area contributed by atoms with E-state index in [-0.39, 0.29) is 11.9 Å². The molecule has 0 spiro atoms. The van der Waals surface area contributed by atoms with Gasteiger partial charge in [0.25, 0.3) is 0 Å². The molecule has 3 N–H and O–H groups in total. The maximum absolute atomic E-state index is 12.3. The molecule has 0 radical (unpaired) electrons. The van der Waals surface area contributed by atoms with Gasteiger partial charge in [0.15, 0.2) is 0 Å². The first kappa shape index (κ1) is 14.4. The monoisotopic (exact) mass is 301 g/mol. The van der Waals surface area contributed by atoms with E-state index >= 15 is 0 Å². The van der Waals surface area contributed by atoms with Gasteiger partial charge in [0, 0.05) is 31.7 Å². The number of H-pyrrole nitrogens is 1. The number of rotatable bonds is 2. The van der Waals surface area contributed by atoms with E-state index in [2.05, 4.69) is 20.6 Å². The second-order valence-electron chi connectivity index (χ2n) is 5.88. The Bertz CT molecular complexity index is 726. The zero-order valence-electron chi connectivity index (χ0n) is 12.6. The van der Waals surface area contributed by atoms with Crippen LogP contribution in [0.1, 0.15) is 13.3 Å². The predicted molar refractivity (Wildman–Crippen MR) is 83.5 cm³/mol. The van der Waals surface area contributed by atoms with Crippen LogP contribution in [0.25, 0.3) is 10.9 Å². The normalized spacial score (nSPS) is 21.1. The molecular formula is C15H19N5O2. The van der Waals surface area contributed by atoms with E-state index in [0.717, 1.165) is 10.9 Å². The number of anilines is 1. The van der Waals surface area contributed by atoms with E-state index in [0.29, 0.717) is 25.3 Å². The number of nitrogens with one attached hydrogen (secondary N) is 3. The van der Waals surface area contributed by atoms with Gasteiger partial charge < -0.3 is 15.2 Å². The van der Waals surface area contributed by atoms with Gasteiger partial charge in [0.2, 0.25) is 5.91 Å². The third-order valence-corrected chi connectivity index (χ3v) is 4.21. The molecule has 1 saturated heterocycles. The number of aromatic nitrogens is 2. The number of urea groups is 1. The second-order valence-corrected chi connectivity index (χ2v) is 5.88. The third kappa shape index (κ3) is 2.49. The van der Waals surface area contributed by atoms with Crippen LogP contribution in [-0.4, -0.2) is 46.9 Å². The van der Waals surface area contributed by atoms with Crippen molar-refractivity contribution in [2.75, 3.05) is 25.5 Å². The van der Waals surface area contributed by atoms with Crippen LogP contribution < -0.4 is 10.6 Å². The molecule has 2 aromatic heterocycles. The highest BCUT2D eigenvalue weighted by Gasteiger charge is 2.41. The minimum atomic E-state index is -0.524. The van der Waals surface area contributed by atoms with E-state index < -0.39 is 5.41 Å². The van der Waals surface area contributed by atoms with Crippen LogP contribution in [0.2, 0.25) is 0 Å². The predicted octanol–water partition coefficient (Wildman–Crippen LogP) is 1.55. The lowest BCUT2D eigenvalue weighted by Crippen LogP contribution is -2.41. The molecule has 3 rings (SSSR count). The highest BCUT2D eigenvalue weighted by atomic mass is 16.2. The summed E-state index contributed by atoms with van der Waals surface area (Å²) < 4.78 is 0. The first-order chi connectivity index (χ1) is 10.5. The summed E-state index contributed by atoms with van der Waals surface area (Å²) >= 11 is 0. The molecule has 7 nitrogen and oxygen atoms in total. The van der Waals surface area contributed by atoms with Crippen molar-refractivity contribution in [2.24, 2.45) is 5.41 Å². The maximum Gasteiger partial charge on any atom is 0.323 e. The number of carbonyl (C=O) groups is 2. The van der Waals surface area contributed by atoms with Crippen molar-refractivity contribution in [1.82, 2.24) is 20.2 Å². The van der Waals surface area contributed by atoms with E-state index in [1.807, 2.05) is 25.3 Å². The summed E-state index contributed by atoms with van der Waals surface area (Å²) in [5, 5.41) is 6.44. The van der Waals surface area contributed by atoms with Crippen LogP contribution in [0.15, 0.2) is 24.5 Å². The van der Waals surface area contributed by atoms with E-state index in [9.17, 15) is 9.59 Å². The number of carbonyl (C=O) groups excluding carboxylic acids is 2. The van der Waals surface area contributed by atoms with Crippen molar-refractivity contribution in [2.45, 2.75) is 13.3 Å². The topological polar surface area (TPSA) is 90.1 Å². The molecule has 116 valence electrons. The summed E-state index contributed by atoms with van der Waals surface area (Å²) in [6.07, 6.45) is 4.17. The minimum absolute atomic E-state index is 0.0327. The SMILES string of the molecule is CNC(=O)C1(C)CCN(C(=O)Nc2cc3cc[nH]c3cn2)C1. The second kappa shape index (κ2) is 5.32. The van der Waals surface area contributed by atoms with Gasteiger partial charge in [-0.15, -0.1) is 0 Å². The van der Waals surface area contributed by atoms with E-state index in [1.54, 1.807) is 18.1 Å². The Hall–Kier alpha value is -2.57. The molecule has 0 aromatic carbocycles. The lowest BCUT2D eigenvalue weighted by molar-refractivity contribution is -0.128. The zero-order chi connectivity index (χ0) is 15.7. The number of nitrogens with zero attached hydrogens (tertiary/aromatic N) is 2. The molecule has 0 saturated carbocycles. The van der Waals surface area contributed by atoms with E-state index in [4.69, 9.17) is 0 Å². The van der Waals surface area contributed by atoms with E-state index in [1.165, 1.54) is 0 Å². The lowest BCUT2D eigenvalue weighted by atomic mass is 9.89. The van der Waals surface area contributed by atoms with Gasteiger partial charge >= 0.3 is 6.03 Å². The average Bonchev–Trinajstić information content (AvgIpc) is 3.13. The van der Waals surface area contributed by atoms with Gasteiger partial charge in [-0.2, -0.15) is 0 Å². The molecule has 1 fully saturated rings. The Labute approximate surface area is 128 Å². The van der Waals surface area contributed by atoms with Crippen LogP contribution in [0, 0.1) is 5.41 Å². The van der Waals surface area contributed by atoms with Crippen molar-refractivity contribution < 1.29 is 9.59 Å². The molecule has 3 amide bonds. The summed E-state index contributed by atoms with van der Waals surface area (Å²) in [4.78, 5) is 33.1. The van der Waals surface area contributed by atoms with Crippen LogP contribution in [0.5, 0.6) is 0 Å². The quantitative estimate of drug-likeness (QED) is 0.786. The van der Waals surface area contributed by atoms with Crippen LogP contribution in [0.4, 0.5) is 10.6 Å². The molecule has 1 unspecified atom stereocenters. The fourth-order valence-electron chi connectivity index (χ4n) is 2.83. The molecule has 7 heteroatoms. The Morgan fingerprint density at radius 1 is 1.45 bits per heavy atom. The van der Waals surface area contributed by atoms with Gasteiger partial charge in [0.05, 0.1) is 17.1 Å². The molecule has 0 aliphatic carbocycles. The number of fused-ring (bicyclic) bond motifs is 1. The Morgan fingerprint density at radius 3 is 3.05 bits per heavy atom. The standard InChI is InChI=1S/C15H19N5O2/c1-15(13(21)16-2)4-6-20(9-15)14(22)19-12-7-10-3-5-17-11(10)8-18-12/h3,5,7-8,17H,4,6,9H2,1-2H3,(H,16,21)(H,18,19,22). The highest BCUT2D eigenvalue weighted by molar-refractivity contribution is 5.92. The molecule has 3 heterocycles. The number of amides is 3. The summed E-state index contributed by atoms with van der Waals surface area (Å²) in [6, 6.07) is 3.51. The van der Waals surface area contributed by atoms with Gasteiger partial charge in [-0.25, -0.2) is 9.78 Å². The van der Waals surface area contributed by atoms with Gasteiger partial charge in [0.1, 0.15) is 5.82 Å². The van der Waals surface area contributed by atoms with Crippen LogP contribution in [-0.2, 0) is 4.79 Å². The molecule has 2 aromatic rings. The van der Waals surface area contributed by atoms with Gasteiger partial charge in [-0.1, -0.05) is 0 Å². The van der Waals surface area contributed by atoms with Crippen LogP contribution in [0.3, 0.4) is 0 Å². The fourth-order valence-corrected chi connectivity index (χ4v) is 2.83. The largest absolute Gasteiger partial charge is 0.360 e. The van der Waals surface area contributed by atoms with Crippen molar-refractivity contribution >= 4 is 28.7 Å². The summed E-state index contributed by atoms with van der Waals surface area (Å²) in [6.45, 7) is 2.84. The number of hydrogen-bond donors (Lipinski definition) is 3. The smallest absolute Gasteiger partial charge is 0.323 e. The first-order valence-electron chi connectivity index (χ1n) is 7.23. The highest BCUT2D eigenvalue weighted by Crippen LogP contribution is 2.30.